The molecule has 3 N–H and O–H groups in total. The first-order valence-corrected chi connectivity index (χ1v) is 3.52. The van der Waals surface area contributed by atoms with Gasteiger partial charge in [0.1, 0.15) is 11.6 Å². The van der Waals surface area contributed by atoms with Crippen molar-refractivity contribution in [3.05, 3.63) is 24.0 Å². The van der Waals surface area contributed by atoms with Gasteiger partial charge in [0, 0.05) is 6.07 Å². The molecule has 0 aliphatic carbocycles. The zero-order valence-electron chi connectivity index (χ0n) is 6.58. The molecule has 0 aliphatic heterocycles. The van der Waals surface area contributed by atoms with Crippen molar-refractivity contribution in [2.75, 3.05) is 5.23 Å². The molecular formula is C7H9BFNO2. The molecule has 0 radical (unpaired) electrons. The fourth-order valence-electron chi connectivity index (χ4n) is 0.846. The Labute approximate surface area is 70.0 Å². The van der Waals surface area contributed by atoms with Crippen molar-refractivity contribution in [1.82, 2.24) is 0 Å². The summed E-state index contributed by atoms with van der Waals surface area (Å²) in [5.41, 5.74) is 0.169. The summed E-state index contributed by atoms with van der Waals surface area (Å²) in [6.07, 6.45) is 0. The second kappa shape index (κ2) is 3.45. The topological polar surface area (TPSA) is 52.5 Å². The second-order valence-electron chi connectivity index (χ2n) is 2.48. The van der Waals surface area contributed by atoms with E-state index in [1.807, 2.05) is 0 Å². The first-order chi connectivity index (χ1) is 5.59. The third-order valence-corrected chi connectivity index (χ3v) is 1.32. The average Bonchev–Trinajstić information content (AvgIpc) is 1.94. The number of nitrogens with one attached hydrogen (secondary N) is 1. The number of rotatable bonds is 2. The van der Waals surface area contributed by atoms with Gasteiger partial charge in [-0.25, -0.2) is 4.39 Å². The van der Waals surface area contributed by atoms with Gasteiger partial charge >= 0.3 is 7.05 Å². The number of phenolic OH excluding ortho intramolecular Hbond substituents is 1. The maximum atomic E-state index is 12.9. The van der Waals surface area contributed by atoms with Crippen molar-refractivity contribution in [1.29, 1.82) is 0 Å². The quantitative estimate of drug-likeness (QED) is 0.458. The first kappa shape index (κ1) is 8.87. The lowest BCUT2D eigenvalue weighted by molar-refractivity contribution is 0.469. The molecule has 0 spiro atoms. The Morgan fingerprint density at radius 3 is 2.67 bits per heavy atom. The summed E-state index contributed by atoms with van der Waals surface area (Å²) in [4.78, 5) is 0. The highest BCUT2D eigenvalue weighted by Gasteiger charge is 2.07. The molecule has 0 fully saturated rings. The molecule has 0 atom stereocenters. The van der Waals surface area contributed by atoms with Crippen LogP contribution in [0.15, 0.2) is 18.2 Å². The van der Waals surface area contributed by atoms with E-state index in [4.69, 9.17) is 10.1 Å². The van der Waals surface area contributed by atoms with Crippen LogP contribution in [0.25, 0.3) is 0 Å². The van der Waals surface area contributed by atoms with Crippen LogP contribution in [-0.4, -0.2) is 17.2 Å². The van der Waals surface area contributed by atoms with Crippen molar-refractivity contribution >= 4 is 12.7 Å². The molecular weight excluding hydrogens is 160 g/mol. The lowest BCUT2D eigenvalue weighted by atomic mass is 9.88. The van der Waals surface area contributed by atoms with Gasteiger partial charge in [0.2, 0.25) is 0 Å². The van der Waals surface area contributed by atoms with Crippen molar-refractivity contribution in [2.45, 2.75) is 6.82 Å². The Kier molecular flexibility index (Phi) is 2.55. The Bertz CT molecular complexity index is 280. The van der Waals surface area contributed by atoms with Gasteiger partial charge in [-0.05, 0) is 19.0 Å². The normalized spacial score (nSPS) is 9.58. The molecule has 1 rings (SSSR count). The molecule has 0 amide bonds. The standard InChI is InChI=1S/C7H9BFNO2/c1-8(12)10-7-3-2-5(11)4-6(7)9/h2-4,10-12H,1H3. The van der Waals surface area contributed by atoms with Crippen molar-refractivity contribution in [3.63, 3.8) is 0 Å². The molecule has 1 aromatic carbocycles. The molecule has 0 bridgehead atoms. The average molecular weight is 169 g/mol. The Balaban J connectivity index is 2.86. The van der Waals surface area contributed by atoms with Crippen molar-refractivity contribution in [2.24, 2.45) is 0 Å². The van der Waals surface area contributed by atoms with Crippen LogP contribution in [0, 0.1) is 5.82 Å². The van der Waals surface area contributed by atoms with Gasteiger partial charge in [-0.2, -0.15) is 0 Å². The molecule has 0 unspecified atom stereocenters. The van der Waals surface area contributed by atoms with E-state index in [1.165, 1.54) is 19.0 Å². The van der Waals surface area contributed by atoms with E-state index < -0.39 is 12.9 Å². The van der Waals surface area contributed by atoms with Crippen LogP contribution < -0.4 is 5.23 Å². The largest absolute Gasteiger partial charge is 0.508 e. The van der Waals surface area contributed by atoms with Crippen LogP contribution >= 0.6 is 0 Å². The first-order valence-electron chi connectivity index (χ1n) is 3.52. The summed E-state index contributed by atoms with van der Waals surface area (Å²) >= 11 is 0. The maximum absolute atomic E-state index is 12.9. The highest BCUT2D eigenvalue weighted by molar-refractivity contribution is 6.52. The van der Waals surface area contributed by atoms with Gasteiger partial charge in [0.05, 0.1) is 5.69 Å². The van der Waals surface area contributed by atoms with E-state index in [9.17, 15) is 4.39 Å². The minimum Gasteiger partial charge on any atom is -0.508 e. The molecule has 12 heavy (non-hydrogen) atoms. The number of phenols is 1. The Morgan fingerprint density at radius 2 is 2.17 bits per heavy atom. The Hall–Kier alpha value is -1.23. The van der Waals surface area contributed by atoms with Gasteiger partial charge < -0.3 is 15.4 Å². The van der Waals surface area contributed by atoms with E-state index in [-0.39, 0.29) is 11.4 Å². The lowest BCUT2D eigenvalue weighted by Gasteiger charge is -2.06. The summed E-state index contributed by atoms with van der Waals surface area (Å²) in [6, 6.07) is 3.68. The highest BCUT2D eigenvalue weighted by Crippen LogP contribution is 2.19. The van der Waals surface area contributed by atoms with Crippen LogP contribution in [0.4, 0.5) is 10.1 Å². The number of anilines is 1. The van der Waals surface area contributed by atoms with Crippen LogP contribution in [0.5, 0.6) is 5.75 Å². The number of halogens is 1. The Morgan fingerprint density at radius 1 is 1.50 bits per heavy atom. The summed E-state index contributed by atoms with van der Waals surface area (Å²) in [5.74, 6) is -0.723. The molecule has 0 saturated carbocycles. The number of hydrogen-bond acceptors (Lipinski definition) is 3. The number of aromatic hydroxyl groups is 1. The number of benzene rings is 1. The molecule has 64 valence electrons. The van der Waals surface area contributed by atoms with Gasteiger partial charge in [-0.1, -0.05) is 0 Å². The fraction of sp³-hybridized carbons (Fsp3) is 0.143. The molecule has 5 heteroatoms. The lowest BCUT2D eigenvalue weighted by Crippen LogP contribution is -2.20. The highest BCUT2D eigenvalue weighted by atomic mass is 19.1. The zero-order chi connectivity index (χ0) is 9.14. The molecule has 1 aromatic rings. The summed E-state index contributed by atoms with van der Waals surface area (Å²) < 4.78 is 12.9. The summed E-state index contributed by atoms with van der Waals surface area (Å²) in [7, 11) is -0.816. The second-order valence-corrected chi connectivity index (χ2v) is 2.48. The predicted molar refractivity (Wildman–Crippen MR) is 45.5 cm³/mol. The van der Waals surface area contributed by atoms with Crippen LogP contribution in [0.1, 0.15) is 0 Å². The summed E-state index contributed by atoms with van der Waals surface area (Å²) in [6.45, 7) is 1.48. The molecule has 3 nitrogen and oxygen atoms in total. The monoisotopic (exact) mass is 169 g/mol. The maximum Gasteiger partial charge on any atom is 0.406 e. The van der Waals surface area contributed by atoms with Crippen LogP contribution in [-0.2, 0) is 0 Å². The third kappa shape index (κ3) is 2.13. The number of hydrogen-bond donors (Lipinski definition) is 3. The smallest absolute Gasteiger partial charge is 0.406 e. The molecule has 0 heterocycles. The minimum absolute atomic E-state index is 0.136. The molecule has 0 aromatic heterocycles. The van der Waals surface area contributed by atoms with E-state index in [1.54, 1.807) is 0 Å². The molecule has 0 aliphatic rings. The van der Waals surface area contributed by atoms with Crippen molar-refractivity contribution in [3.8, 4) is 5.75 Å². The van der Waals surface area contributed by atoms with E-state index >= 15 is 0 Å². The van der Waals surface area contributed by atoms with E-state index in [0.29, 0.717) is 0 Å². The SMILES string of the molecule is CB(O)Nc1ccc(O)cc1F. The van der Waals surface area contributed by atoms with E-state index in [2.05, 4.69) is 5.23 Å². The van der Waals surface area contributed by atoms with Crippen LogP contribution in [0.2, 0.25) is 6.82 Å². The zero-order valence-corrected chi connectivity index (χ0v) is 6.58. The molecule has 0 saturated heterocycles. The predicted octanol–water partition coefficient (Wildman–Crippen LogP) is 1.05. The van der Waals surface area contributed by atoms with Gasteiger partial charge in [0.25, 0.3) is 0 Å². The van der Waals surface area contributed by atoms with Gasteiger partial charge in [-0.15, -0.1) is 0 Å². The van der Waals surface area contributed by atoms with Gasteiger partial charge in [0.15, 0.2) is 0 Å². The third-order valence-electron chi connectivity index (χ3n) is 1.32. The van der Waals surface area contributed by atoms with Crippen molar-refractivity contribution < 1.29 is 14.5 Å². The van der Waals surface area contributed by atoms with Crippen LogP contribution in [0.3, 0.4) is 0 Å². The summed E-state index contributed by atoms with van der Waals surface area (Å²) in [5, 5.41) is 20.2. The fourth-order valence-corrected chi connectivity index (χ4v) is 0.846. The minimum atomic E-state index is -0.816. The van der Waals surface area contributed by atoms with Gasteiger partial charge in [-0.3, -0.25) is 0 Å². The van der Waals surface area contributed by atoms with E-state index in [0.717, 1.165) is 6.07 Å².